The second-order valence-electron chi connectivity index (χ2n) is 5.24. The fourth-order valence-electron chi connectivity index (χ4n) is 2.76. The molecular weight excluding hydrogens is 263 g/mol. The van der Waals surface area contributed by atoms with Crippen molar-refractivity contribution in [2.24, 2.45) is 0 Å². The molecule has 0 bridgehead atoms. The van der Waals surface area contributed by atoms with E-state index in [1.54, 1.807) is 6.07 Å². The van der Waals surface area contributed by atoms with Gasteiger partial charge in [-0.3, -0.25) is 0 Å². The summed E-state index contributed by atoms with van der Waals surface area (Å²) < 4.78 is 13.3. The third kappa shape index (κ3) is 1.89. The molecule has 0 radical (unpaired) electrons. The number of hydrogen-bond acceptors (Lipinski definition) is 1. The number of H-pyrrole nitrogens is 1. The Balaban J connectivity index is 1.98. The number of halogens is 1. The van der Waals surface area contributed by atoms with Crippen molar-refractivity contribution in [2.45, 2.75) is 6.92 Å². The highest BCUT2D eigenvalue weighted by atomic mass is 19.1. The summed E-state index contributed by atoms with van der Waals surface area (Å²) in [5.74, 6) is -0.238. The fourth-order valence-corrected chi connectivity index (χ4v) is 2.76. The van der Waals surface area contributed by atoms with Gasteiger partial charge < -0.3 is 4.98 Å². The molecule has 0 atom stereocenters. The van der Waals surface area contributed by atoms with Gasteiger partial charge in [0.1, 0.15) is 5.82 Å². The van der Waals surface area contributed by atoms with Crippen molar-refractivity contribution in [1.29, 1.82) is 0 Å². The maximum absolute atomic E-state index is 13.3. The van der Waals surface area contributed by atoms with Crippen molar-refractivity contribution in [1.82, 2.24) is 9.97 Å². The number of pyridine rings is 1. The molecule has 0 fully saturated rings. The average molecular weight is 276 g/mol. The van der Waals surface area contributed by atoms with Crippen LogP contribution in [-0.2, 0) is 0 Å². The number of aromatic nitrogens is 2. The molecule has 21 heavy (non-hydrogen) atoms. The number of nitrogens with one attached hydrogen (secondary N) is 1. The van der Waals surface area contributed by atoms with E-state index in [1.807, 2.05) is 18.3 Å². The predicted molar refractivity (Wildman–Crippen MR) is 83.7 cm³/mol. The standard InChI is InChI=1S/C18H13FN2/c1-11-3-2-4-12-5-8-16(21-18(11)12)15-10-20-17-9-13(19)6-7-14(15)17/h2-10,20H,1H3. The lowest BCUT2D eigenvalue weighted by Gasteiger charge is -2.04. The van der Waals surface area contributed by atoms with E-state index in [0.29, 0.717) is 0 Å². The summed E-state index contributed by atoms with van der Waals surface area (Å²) in [5, 5.41) is 2.11. The van der Waals surface area contributed by atoms with Crippen LogP contribution in [0.1, 0.15) is 5.56 Å². The molecule has 0 aliphatic heterocycles. The van der Waals surface area contributed by atoms with Gasteiger partial charge in [-0.25, -0.2) is 9.37 Å². The van der Waals surface area contributed by atoms with E-state index in [-0.39, 0.29) is 5.82 Å². The van der Waals surface area contributed by atoms with E-state index in [4.69, 9.17) is 4.98 Å². The predicted octanol–water partition coefficient (Wildman–Crippen LogP) is 4.83. The zero-order valence-electron chi connectivity index (χ0n) is 11.5. The van der Waals surface area contributed by atoms with Crippen LogP contribution in [0.15, 0.2) is 54.7 Å². The molecule has 1 N–H and O–H groups in total. The summed E-state index contributed by atoms with van der Waals surface area (Å²) in [6.07, 6.45) is 1.89. The monoisotopic (exact) mass is 276 g/mol. The van der Waals surface area contributed by atoms with Crippen LogP contribution in [0.4, 0.5) is 4.39 Å². The number of nitrogens with zero attached hydrogens (tertiary/aromatic N) is 1. The highest BCUT2D eigenvalue weighted by Crippen LogP contribution is 2.29. The van der Waals surface area contributed by atoms with E-state index >= 15 is 0 Å². The number of benzene rings is 2. The summed E-state index contributed by atoms with van der Waals surface area (Å²) in [6.45, 7) is 2.06. The lowest BCUT2D eigenvalue weighted by atomic mass is 10.1. The van der Waals surface area contributed by atoms with Crippen molar-refractivity contribution in [2.75, 3.05) is 0 Å². The molecule has 4 rings (SSSR count). The Hall–Kier alpha value is -2.68. The molecule has 0 amide bonds. The molecule has 102 valence electrons. The van der Waals surface area contributed by atoms with Crippen LogP contribution < -0.4 is 0 Å². The van der Waals surface area contributed by atoms with Crippen molar-refractivity contribution < 1.29 is 4.39 Å². The highest BCUT2D eigenvalue weighted by molar-refractivity contribution is 5.96. The van der Waals surface area contributed by atoms with E-state index in [0.717, 1.165) is 38.6 Å². The third-order valence-corrected chi connectivity index (χ3v) is 3.84. The van der Waals surface area contributed by atoms with Crippen LogP contribution in [0.25, 0.3) is 33.1 Å². The number of fused-ring (bicyclic) bond motifs is 2. The molecule has 0 unspecified atom stereocenters. The van der Waals surface area contributed by atoms with Gasteiger partial charge in [0.2, 0.25) is 0 Å². The Kier molecular flexibility index (Phi) is 2.54. The minimum atomic E-state index is -0.238. The van der Waals surface area contributed by atoms with Crippen LogP contribution in [0.2, 0.25) is 0 Å². The van der Waals surface area contributed by atoms with Crippen LogP contribution in [0.5, 0.6) is 0 Å². The molecule has 4 aromatic rings. The molecule has 0 aliphatic rings. The topological polar surface area (TPSA) is 28.7 Å². The first-order valence-corrected chi connectivity index (χ1v) is 6.86. The number of aromatic amines is 1. The summed E-state index contributed by atoms with van der Waals surface area (Å²) in [4.78, 5) is 7.89. The lowest BCUT2D eigenvalue weighted by Crippen LogP contribution is -1.87. The minimum absolute atomic E-state index is 0.238. The number of aryl methyl sites for hydroxylation is 1. The summed E-state index contributed by atoms with van der Waals surface area (Å²) >= 11 is 0. The van der Waals surface area contributed by atoms with Gasteiger partial charge in [0.05, 0.1) is 11.2 Å². The molecule has 0 aliphatic carbocycles. The Morgan fingerprint density at radius 3 is 2.86 bits per heavy atom. The van der Waals surface area contributed by atoms with Crippen LogP contribution in [0.3, 0.4) is 0 Å². The van der Waals surface area contributed by atoms with Crippen LogP contribution in [0, 0.1) is 12.7 Å². The van der Waals surface area contributed by atoms with Crippen molar-refractivity contribution in [3.05, 3.63) is 66.1 Å². The largest absolute Gasteiger partial charge is 0.360 e. The minimum Gasteiger partial charge on any atom is -0.360 e. The first-order chi connectivity index (χ1) is 10.2. The summed E-state index contributed by atoms with van der Waals surface area (Å²) in [6, 6.07) is 15.0. The Morgan fingerprint density at radius 1 is 1.05 bits per heavy atom. The van der Waals surface area contributed by atoms with Crippen molar-refractivity contribution in [3.63, 3.8) is 0 Å². The molecule has 2 aromatic carbocycles. The van der Waals surface area contributed by atoms with Gasteiger partial charge in [0.25, 0.3) is 0 Å². The normalized spacial score (nSPS) is 11.3. The van der Waals surface area contributed by atoms with Gasteiger partial charge in [0.15, 0.2) is 0 Å². The number of hydrogen-bond donors (Lipinski definition) is 1. The molecule has 2 nitrogen and oxygen atoms in total. The third-order valence-electron chi connectivity index (χ3n) is 3.84. The van der Waals surface area contributed by atoms with Gasteiger partial charge >= 0.3 is 0 Å². The average Bonchev–Trinajstić information content (AvgIpc) is 2.90. The van der Waals surface area contributed by atoms with Gasteiger partial charge in [-0.05, 0) is 36.8 Å². The summed E-state index contributed by atoms with van der Waals surface area (Å²) in [7, 11) is 0. The Morgan fingerprint density at radius 2 is 1.95 bits per heavy atom. The molecule has 0 spiro atoms. The van der Waals surface area contributed by atoms with E-state index in [9.17, 15) is 4.39 Å². The molecule has 3 heteroatoms. The maximum Gasteiger partial charge on any atom is 0.125 e. The Bertz CT molecular complexity index is 969. The molecular formula is C18H13FN2. The molecule has 0 saturated carbocycles. The van der Waals surface area contributed by atoms with Crippen LogP contribution >= 0.6 is 0 Å². The fraction of sp³-hybridized carbons (Fsp3) is 0.0556. The highest BCUT2D eigenvalue weighted by Gasteiger charge is 2.09. The quantitative estimate of drug-likeness (QED) is 0.530. The summed E-state index contributed by atoms with van der Waals surface area (Å²) in [5.41, 5.74) is 4.84. The molecule has 2 aromatic heterocycles. The van der Waals surface area contributed by atoms with E-state index in [2.05, 4.69) is 30.1 Å². The maximum atomic E-state index is 13.3. The SMILES string of the molecule is Cc1cccc2ccc(-c3c[nH]c4cc(F)ccc34)nc12. The second kappa shape index (κ2) is 4.42. The van der Waals surface area contributed by atoms with E-state index in [1.165, 1.54) is 12.1 Å². The lowest BCUT2D eigenvalue weighted by molar-refractivity contribution is 0.629. The van der Waals surface area contributed by atoms with Gasteiger partial charge in [-0.1, -0.05) is 24.3 Å². The van der Waals surface area contributed by atoms with Crippen LogP contribution in [-0.4, -0.2) is 9.97 Å². The zero-order valence-corrected chi connectivity index (χ0v) is 11.5. The smallest absolute Gasteiger partial charge is 0.125 e. The van der Waals surface area contributed by atoms with Gasteiger partial charge in [-0.2, -0.15) is 0 Å². The second-order valence-corrected chi connectivity index (χ2v) is 5.24. The van der Waals surface area contributed by atoms with E-state index < -0.39 is 0 Å². The van der Waals surface area contributed by atoms with Gasteiger partial charge in [-0.15, -0.1) is 0 Å². The number of para-hydroxylation sites is 1. The van der Waals surface area contributed by atoms with Crippen molar-refractivity contribution in [3.8, 4) is 11.3 Å². The van der Waals surface area contributed by atoms with Crippen molar-refractivity contribution >= 4 is 21.8 Å². The Labute approximate surface area is 121 Å². The first kappa shape index (κ1) is 12.1. The zero-order chi connectivity index (χ0) is 14.4. The molecule has 0 saturated heterocycles. The molecule has 2 heterocycles. The van der Waals surface area contributed by atoms with Gasteiger partial charge in [0, 0.05) is 28.0 Å². The first-order valence-electron chi connectivity index (χ1n) is 6.86. The number of rotatable bonds is 1.